The third-order valence-electron chi connectivity index (χ3n) is 4.43. The highest BCUT2D eigenvalue weighted by Crippen LogP contribution is 2.26. The quantitative estimate of drug-likeness (QED) is 0.279. The lowest BCUT2D eigenvalue weighted by Crippen LogP contribution is -2.28. The molecule has 172 valence electrons. The number of rotatable bonds is 9. The van der Waals surface area contributed by atoms with Crippen LogP contribution in [0.25, 0.3) is 0 Å². The Labute approximate surface area is 210 Å². The highest BCUT2D eigenvalue weighted by atomic mass is 35.5. The molecule has 0 saturated carbocycles. The fourth-order valence-electron chi connectivity index (χ4n) is 2.88. The Morgan fingerprint density at radius 1 is 1.12 bits per heavy atom. The average molecular weight is 525 g/mol. The summed E-state index contributed by atoms with van der Waals surface area (Å²) in [6.45, 7) is 5.99. The number of nitrogens with zero attached hydrogens (tertiary/aromatic N) is 3. The maximum atomic E-state index is 12.5. The molecule has 33 heavy (non-hydrogen) atoms. The Morgan fingerprint density at radius 2 is 1.82 bits per heavy atom. The minimum absolute atomic E-state index is 0.0730. The Morgan fingerprint density at radius 3 is 2.52 bits per heavy atom. The second kappa shape index (κ2) is 11.6. The van der Waals surface area contributed by atoms with Gasteiger partial charge >= 0.3 is 0 Å². The largest absolute Gasteiger partial charge is 0.342 e. The van der Waals surface area contributed by atoms with Crippen LogP contribution in [0.2, 0.25) is 15.1 Å². The molecule has 0 bridgehead atoms. The monoisotopic (exact) mass is 523 g/mol. The summed E-state index contributed by atoms with van der Waals surface area (Å²) in [5, 5.41) is 16.0. The van der Waals surface area contributed by atoms with Crippen molar-refractivity contribution in [2.75, 3.05) is 11.1 Å². The van der Waals surface area contributed by atoms with Crippen LogP contribution in [-0.4, -0.2) is 32.3 Å². The van der Waals surface area contributed by atoms with Crippen LogP contribution >= 0.6 is 46.6 Å². The van der Waals surface area contributed by atoms with Gasteiger partial charge in [0.05, 0.1) is 22.5 Å². The number of benzene rings is 2. The van der Waals surface area contributed by atoms with Crippen LogP contribution in [-0.2, 0) is 11.3 Å². The number of aromatic nitrogens is 3. The molecule has 0 saturated heterocycles. The molecule has 2 amide bonds. The SMILES string of the molecule is C=CCn1c(SCC(=O)Nc2cc(Cl)ccc2Cl)nnc1[C@@H](C)NC(=O)c1ccc(Cl)cc1. The molecule has 3 aromatic rings. The minimum atomic E-state index is -0.436. The van der Waals surface area contributed by atoms with Gasteiger partial charge in [0, 0.05) is 22.2 Å². The van der Waals surface area contributed by atoms with Gasteiger partial charge in [-0.05, 0) is 49.4 Å². The standard InChI is InChI=1S/C22H20Cl3N5O2S/c1-3-10-30-20(13(2)26-21(32)14-4-6-15(23)7-5-14)28-29-22(30)33-12-19(31)27-18-11-16(24)8-9-17(18)25/h3-9,11,13H,1,10,12H2,2H3,(H,26,32)(H,27,31)/t13-/m1/s1. The number of carbonyl (C=O) groups excluding carboxylic acids is 2. The van der Waals surface area contributed by atoms with Crippen LogP contribution in [0.4, 0.5) is 5.69 Å². The molecule has 0 aliphatic carbocycles. The van der Waals surface area contributed by atoms with Gasteiger partial charge in [0.2, 0.25) is 5.91 Å². The number of nitrogens with one attached hydrogen (secondary N) is 2. The molecule has 1 heterocycles. The van der Waals surface area contributed by atoms with Gasteiger partial charge in [0.25, 0.3) is 5.91 Å². The van der Waals surface area contributed by atoms with Crippen LogP contribution in [0, 0.1) is 0 Å². The summed E-state index contributed by atoms with van der Waals surface area (Å²) in [5.41, 5.74) is 0.911. The lowest BCUT2D eigenvalue weighted by molar-refractivity contribution is -0.113. The summed E-state index contributed by atoms with van der Waals surface area (Å²) in [6, 6.07) is 11.0. The molecule has 11 heteroatoms. The number of halogens is 3. The van der Waals surface area contributed by atoms with E-state index >= 15 is 0 Å². The Bertz CT molecular complexity index is 1170. The highest BCUT2D eigenvalue weighted by molar-refractivity contribution is 7.99. The van der Waals surface area contributed by atoms with E-state index in [0.717, 1.165) is 0 Å². The third-order valence-corrected chi connectivity index (χ3v) is 6.22. The molecule has 0 aliphatic heterocycles. The summed E-state index contributed by atoms with van der Waals surface area (Å²) in [5.74, 6) is 0.0733. The van der Waals surface area contributed by atoms with Crippen LogP contribution in [0.5, 0.6) is 0 Å². The summed E-state index contributed by atoms with van der Waals surface area (Å²) < 4.78 is 1.80. The maximum Gasteiger partial charge on any atom is 0.251 e. The molecule has 0 fully saturated rings. The lowest BCUT2D eigenvalue weighted by Gasteiger charge is -2.15. The number of allylic oxidation sites excluding steroid dienone is 1. The van der Waals surface area contributed by atoms with Gasteiger partial charge in [0.15, 0.2) is 11.0 Å². The van der Waals surface area contributed by atoms with Crippen molar-refractivity contribution in [2.24, 2.45) is 0 Å². The molecule has 0 radical (unpaired) electrons. The molecular weight excluding hydrogens is 505 g/mol. The van der Waals surface area contributed by atoms with Crippen LogP contribution in [0.3, 0.4) is 0 Å². The first-order valence-electron chi connectivity index (χ1n) is 9.76. The van der Waals surface area contributed by atoms with Crippen LogP contribution in [0.15, 0.2) is 60.3 Å². The Hall–Kier alpha value is -2.52. The topological polar surface area (TPSA) is 88.9 Å². The van der Waals surface area contributed by atoms with Crippen molar-refractivity contribution < 1.29 is 9.59 Å². The van der Waals surface area contributed by atoms with Gasteiger partial charge in [-0.1, -0.05) is 52.6 Å². The second-order valence-corrected chi connectivity index (χ2v) is 9.13. The van der Waals surface area contributed by atoms with Crippen LogP contribution in [0.1, 0.15) is 29.1 Å². The second-order valence-electron chi connectivity index (χ2n) is 6.90. The molecule has 0 unspecified atom stereocenters. The number of anilines is 1. The molecule has 2 N–H and O–H groups in total. The van der Waals surface area contributed by atoms with Crippen molar-refractivity contribution in [1.82, 2.24) is 20.1 Å². The van der Waals surface area contributed by atoms with E-state index in [-0.39, 0.29) is 17.6 Å². The van der Waals surface area contributed by atoms with E-state index in [1.54, 1.807) is 60.0 Å². The summed E-state index contributed by atoms with van der Waals surface area (Å²) in [7, 11) is 0. The number of hydrogen-bond acceptors (Lipinski definition) is 5. The molecule has 3 rings (SSSR count). The van der Waals surface area contributed by atoms with Gasteiger partial charge in [-0.15, -0.1) is 16.8 Å². The van der Waals surface area contributed by atoms with Gasteiger partial charge in [-0.25, -0.2) is 0 Å². The summed E-state index contributed by atoms with van der Waals surface area (Å²) in [6.07, 6.45) is 1.69. The normalized spacial score (nSPS) is 11.6. The van der Waals surface area contributed by atoms with E-state index in [4.69, 9.17) is 34.8 Å². The van der Waals surface area contributed by atoms with Crippen LogP contribution < -0.4 is 10.6 Å². The highest BCUT2D eigenvalue weighted by Gasteiger charge is 2.20. The van der Waals surface area contributed by atoms with Gasteiger partial charge in [0.1, 0.15) is 0 Å². The van der Waals surface area contributed by atoms with E-state index in [1.807, 2.05) is 0 Å². The van der Waals surface area contributed by atoms with Crippen molar-refractivity contribution >= 4 is 64.1 Å². The van der Waals surface area contributed by atoms with E-state index in [1.165, 1.54) is 11.8 Å². The van der Waals surface area contributed by atoms with Crippen molar-refractivity contribution in [3.63, 3.8) is 0 Å². The van der Waals surface area contributed by atoms with Crippen molar-refractivity contribution in [3.05, 3.63) is 81.6 Å². The third kappa shape index (κ3) is 6.74. The maximum absolute atomic E-state index is 12.5. The number of thioether (sulfide) groups is 1. The molecule has 0 aliphatic rings. The van der Waals surface area contributed by atoms with Crippen molar-refractivity contribution in [3.8, 4) is 0 Å². The fourth-order valence-corrected chi connectivity index (χ4v) is 4.10. The van der Waals surface area contributed by atoms with E-state index in [0.29, 0.717) is 43.8 Å². The zero-order valence-electron chi connectivity index (χ0n) is 17.5. The molecular formula is C22H20Cl3N5O2S. The van der Waals surface area contributed by atoms with Gasteiger partial charge < -0.3 is 15.2 Å². The molecule has 2 aromatic carbocycles. The average Bonchev–Trinajstić information content (AvgIpc) is 3.18. The predicted molar refractivity (Wildman–Crippen MR) is 133 cm³/mol. The molecule has 1 atom stereocenters. The first kappa shape index (κ1) is 25.1. The number of amides is 2. The van der Waals surface area contributed by atoms with E-state index in [2.05, 4.69) is 27.4 Å². The summed E-state index contributed by atoms with van der Waals surface area (Å²) >= 11 is 19.1. The van der Waals surface area contributed by atoms with E-state index < -0.39 is 6.04 Å². The zero-order valence-corrected chi connectivity index (χ0v) is 20.6. The van der Waals surface area contributed by atoms with E-state index in [9.17, 15) is 9.59 Å². The van der Waals surface area contributed by atoms with Crippen molar-refractivity contribution in [2.45, 2.75) is 24.7 Å². The Balaban J connectivity index is 1.67. The minimum Gasteiger partial charge on any atom is -0.342 e. The Kier molecular flexibility index (Phi) is 8.80. The smallest absolute Gasteiger partial charge is 0.251 e. The fraction of sp³-hybridized carbons (Fsp3) is 0.182. The number of carbonyl (C=O) groups is 2. The molecule has 1 aromatic heterocycles. The molecule has 7 nitrogen and oxygen atoms in total. The first-order valence-corrected chi connectivity index (χ1v) is 11.9. The lowest BCUT2D eigenvalue weighted by atomic mass is 10.2. The molecule has 0 spiro atoms. The van der Waals surface area contributed by atoms with Gasteiger partial charge in [-0.2, -0.15) is 0 Å². The van der Waals surface area contributed by atoms with Crippen molar-refractivity contribution in [1.29, 1.82) is 0 Å². The number of hydrogen-bond donors (Lipinski definition) is 2. The predicted octanol–water partition coefficient (Wildman–Crippen LogP) is 5.65. The van der Waals surface area contributed by atoms with Gasteiger partial charge in [-0.3, -0.25) is 9.59 Å². The zero-order chi connectivity index (χ0) is 24.0. The summed E-state index contributed by atoms with van der Waals surface area (Å²) in [4.78, 5) is 25.0. The first-order chi connectivity index (χ1) is 15.8.